The van der Waals surface area contributed by atoms with E-state index in [9.17, 15) is 5.11 Å². The van der Waals surface area contributed by atoms with E-state index in [4.69, 9.17) is 4.74 Å². The molecule has 0 aliphatic carbocycles. The average molecular weight is 183 g/mol. The van der Waals surface area contributed by atoms with Gasteiger partial charge in [-0.2, -0.15) is 0 Å². The van der Waals surface area contributed by atoms with Crippen LogP contribution in [0.5, 0.6) is 0 Å². The van der Waals surface area contributed by atoms with Crippen molar-refractivity contribution in [1.82, 2.24) is 9.66 Å². The third kappa shape index (κ3) is 1.52. The van der Waals surface area contributed by atoms with E-state index in [0.717, 1.165) is 0 Å². The molecular formula is C8H13N3O2. The standard InChI is InChI=1S/C8H13N3O2/c1-7-4-13-5-8(12)11(7)10-3-2-9-6-10/h2-3,6-8,12H,4-5H2,1H3. The van der Waals surface area contributed by atoms with Crippen molar-refractivity contribution in [3.05, 3.63) is 18.7 Å². The van der Waals surface area contributed by atoms with Gasteiger partial charge >= 0.3 is 0 Å². The number of aromatic nitrogens is 2. The maximum atomic E-state index is 9.66. The predicted molar refractivity (Wildman–Crippen MR) is 46.7 cm³/mol. The molecule has 5 nitrogen and oxygen atoms in total. The van der Waals surface area contributed by atoms with Gasteiger partial charge in [0.25, 0.3) is 0 Å². The fraction of sp³-hybridized carbons (Fsp3) is 0.625. The Balaban J connectivity index is 2.19. The van der Waals surface area contributed by atoms with Gasteiger partial charge in [-0.3, -0.25) is 9.69 Å². The summed E-state index contributed by atoms with van der Waals surface area (Å²) in [6.07, 6.45) is 4.59. The molecule has 1 aromatic rings. The number of hydrogen-bond donors (Lipinski definition) is 1. The summed E-state index contributed by atoms with van der Waals surface area (Å²) < 4.78 is 6.99. The van der Waals surface area contributed by atoms with Crippen LogP contribution in [0, 0.1) is 0 Å². The Hall–Kier alpha value is -1.07. The summed E-state index contributed by atoms with van der Waals surface area (Å²) in [5.41, 5.74) is 0. The number of hydrogen-bond acceptors (Lipinski definition) is 4. The molecule has 1 fully saturated rings. The Bertz CT molecular complexity index is 252. The van der Waals surface area contributed by atoms with E-state index in [1.165, 1.54) is 0 Å². The lowest BCUT2D eigenvalue weighted by molar-refractivity contribution is -0.0284. The molecule has 1 aromatic heterocycles. The summed E-state index contributed by atoms with van der Waals surface area (Å²) in [6, 6.07) is 0.165. The van der Waals surface area contributed by atoms with Crippen LogP contribution in [0.1, 0.15) is 6.92 Å². The Morgan fingerprint density at radius 2 is 2.38 bits per heavy atom. The lowest BCUT2D eigenvalue weighted by Gasteiger charge is -2.39. The smallest absolute Gasteiger partial charge is 0.164 e. The van der Waals surface area contributed by atoms with Crippen LogP contribution in [-0.4, -0.2) is 40.3 Å². The van der Waals surface area contributed by atoms with Crippen molar-refractivity contribution in [2.24, 2.45) is 0 Å². The highest BCUT2D eigenvalue weighted by Gasteiger charge is 2.26. The monoisotopic (exact) mass is 183 g/mol. The molecule has 0 aromatic carbocycles. The van der Waals surface area contributed by atoms with Crippen molar-refractivity contribution in [3.8, 4) is 0 Å². The van der Waals surface area contributed by atoms with Crippen LogP contribution in [0.2, 0.25) is 0 Å². The Kier molecular flexibility index (Phi) is 2.20. The van der Waals surface area contributed by atoms with E-state index < -0.39 is 6.23 Å². The lowest BCUT2D eigenvalue weighted by Crippen LogP contribution is -2.56. The van der Waals surface area contributed by atoms with E-state index in [2.05, 4.69) is 4.98 Å². The first kappa shape index (κ1) is 8.52. The molecule has 1 aliphatic rings. The molecule has 1 aliphatic heterocycles. The molecule has 72 valence electrons. The van der Waals surface area contributed by atoms with Gasteiger partial charge in [-0.15, -0.1) is 0 Å². The van der Waals surface area contributed by atoms with Gasteiger partial charge in [-0.05, 0) is 6.92 Å². The number of imidazole rings is 1. The zero-order valence-corrected chi connectivity index (χ0v) is 7.50. The Labute approximate surface area is 76.5 Å². The van der Waals surface area contributed by atoms with Crippen LogP contribution < -0.4 is 5.01 Å². The van der Waals surface area contributed by atoms with Crippen molar-refractivity contribution in [2.45, 2.75) is 19.2 Å². The SMILES string of the molecule is CC1COCC(O)N1n1ccnc1. The fourth-order valence-corrected chi connectivity index (χ4v) is 1.56. The largest absolute Gasteiger partial charge is 0.375 e. The topological polar surface area (TPSA) is 50.5 Å². The van der Waals surface area contributed by atoms with Crippen LogP contribution >= 0.6 is 0 Å². The van der Waals surface area contributed by atoms with Crippen molar-refractivity contribution in [3.63, 3.8) is 0 Å². The van der Waals surface area contributed by atoms with E-state index in [-0.39, 0.29) is 6.04 Å². The minimum atomic E-state index is -0.585. The Morgan fingerprint density at radius 1 is 1.54 bits per heavy atom. The maximum absolute atomic E-state index is 9.66. The van der Waals surface area contributed by atoms with Gasteiger partial charge in [0.15, 0.2) is 6.23 Å². The average Bonchev–Trinajstić information content (AvgIpc) is 2.57. The normalized spacial score (nSPS) is 29.2. The van der Waals surface area contributed by atoms with E-state index in [1.807, 2.05) is 18.1 Å². The first-order valence-corrected chi connectivity index (χ1v) is 4.31. The number of ether oxygens (including phenoxy) is 1. The van der Waals surface area contributed by atoms with Crippen LogP contribution in [-0.2, 0) is 4.74 Å². The molecule has 13 heavy (non-hydrogen) atoms. The molecule has 1 N–H and O–H groups in total. The van der Waals surface area contributed by atoms with Crippen molar-refractivity contribution in [1.29, 1.82) is 0 Å². The third-order valence-corrected chi connectivity index (χ3v) is 2.14. The molecule has 0 amide bonds. The first-order chi connectivity index (χ1) is 6.29. The summed E-state index contributed by atoms with van der Waals surface area (Å²) in [7, 11) is 0. The van der Waals surface area contributed by atoms with E-state index in [0.29, 0.717) is 13.2 Å². The number of aliphatic hydroxyl groups excluding tert-OH is 1. The molecule has 2 heterocycles. The maximum Gasteiger partial charge on any atom is 0.164 e. The fourth-order valence-electron chi connectivity index (χ4n) is 1.56. The molecule has 0 bridgehead atoms. The van der Waals surface area contributed by atoms with Gasteiger partial charge in [0, 0.05) is 12.4 Å². The zero-order chi connectivity index (χ0) is 9.26. The highest BCUT2D eigenvalue weighted by Crippen LogP contribution is 2.09. The van der Waals surface area contributed by atoms with Crippen molar-refractivity contribution < 1.29 is 9.84 Å². The third-order valence-electron chi connectivity index (χ3n) is 2.14. The van der Waals surface area contributed by atoms with Gasteiger partial charge in [0.2, 0.25) is 0 Å². The van der Waals surface area contributed by atoms with Crippen LogP contribution in [0.3, 0.4) is 0 Å². The Morgan fingerprint density at radius 3 is 3.00 bits per heavy atom. The van der Waals surface area contributed by atoms with Crippen LogP contribution in [0.4, 0.5) is 0 Å². The second-order valence-corrected chi connectivity index (χ2v) is 3.19. The molecule has 0 radical (unpaired) electrons. The lowest BCUT2D eigenvalue weighted by atomic mass is 10.3. The van der Waals surface area contributed by atoms with Gasteiger partial charge in [0.1, 0.15) is 6.33 Å². The number of nitrogens with zero attached hydrogens (tertiary/aromatic N) is 3. The van der Waals surface area contributed by atoms with Gasteiger partial charge in [-0.1, -0.05) is 0 Å². The number of morpholine rings is 1. The van der Waals surface area contributed by atoms with Gasteiger partial charge < -0.3 is 9.84 Å². The molecule has 2 rings (SSSR count). The quantitative estimate of drug-likeness (QED) is 0.641. The van der Waals surface area contributed by atoms with E-state index >= 15 is 0 Å². The summed E-state index contributed by atoms with van der Waals surface area (Å²) in [5, 5.41) is 11.5. The highest BCUT2D eigenvalue weighted by atomic mass is 16.5. The predicted octanol–water partition coefficient (Wildman–Crippen LogP) is -0.442. The zero-order valence-electron chi connectivity index (χ0n) is 7.50. The second kappa shape index (κ2) is 3.35. The van der Waals surface area contributed by atoms with E-state index in [1.54, 1.807) is 17.2 Å². The van der Waals surface area contributed by atoms with Crippen LogP contribution in [0.15, 0.2) is 18.7 Å². The summed E-state index contributed by atoms with van der Waals surface area (Å²) in [5.74, 6) is 0. The molecule has 5 heteroatoms. The second-order valence-electron chi connectivity index (χ2n) is 3.19. The summed E-state index contributed by atoms with van der Waals surface area (Å²) in [4.78, 5) is 3.94. The molecule has 0 spiro atoms. The van der Waals surface area contributed by atoms with Crippen molar-refractivity contribution >= 4 is 0 Å². The molecular weight excluding hydrogens is 170 g/mol. The minimum absolute atomic E-state index is 0.165. The van der Waals surface area contributed by atoms with Crippen LogP contribution in [0.25, 0.3) is 0 Å². The first-order valence-electron chi connectivity index (χ1n) is 4.31. The minimum Gasteiger partial charge on any atom is -0.375 e. The molecule has 0 saturated carbocycles. The molecule has 2 atom stereocenters. The van der Waals surface area contributed by atoms with Crippen molar-refractivity contribution in [2.75, 3.05) is 18.2 Å². The molecule has 2 unspecified atom stereocenters. The van der Waals surface area contributed by atoms with Gasteiger partial charge in [0.05, 0.1) is 19.3 Å². The summed E-state index contributed by atoms with van der Waals surface area (Å²) >= 11 is 0. The highest BCUT2D eigenvalue weighted by molar-refractivity contribution is 4.98. The van der Waals surface area contributed by atoms with Gasteiger partial charge in [-0.25, -0.2) is 4.98 Å². The summed E-state index contributed by atoms with van der Waals surface area (Å²) in [6.45, 7) is 2.99. The number of aliphatic hydroxyl groups is 1. The number of rotatable bonds is 1. The molecule has 1 saturated heterocycles.